The van der Waals surface area contributed by atoms with Crippen molar-refractivity contribution in [2.75, 3.05) is 6.61 Å². The smallest absolute Gasteiger partial charge is 0.176 e. The number of alkyl halides is 1. The Hall–Kier alpha value is -1.45. The van der Waals surface area contributed by atoms with Gasteiger partial charge in [-0.1, -0.05) is 76.6 Å². The molecule has 0 spiro atoms. The van der Waals surface area contributed by atoms with Crippen LogP contribution in [0.25, 0.3) is 0 Å². The fraction of sp³-hybridized carbons (Fsp3) is 0.235. The minimum Gasteiger partial charge on any atom is -0.377 e. The van der Waals surface area contributed by atoms with Crippen molar-refractivity contribution in [3.63, 3.8) is 0 Å². The monoisotopic (exact) mass is 332 g/mol. The highest BCUT2D eigenvalue weighted by Gasteiger charge is 2.16. The van der Waals surface area contributed by atoms with E-state index in [1.807, 2.05) is 60.7 Å². The molecule has 0 amide bonds. The van der Waals surface area contributed by atoms with Crippen molar-refractivity contribution in [1.82, 2.24) is 0 Å². The maximum absolute atomic E-state index is 12.1. The Bertz CT molecular complexity index is 525. The average molecular weight is 333 g/mol. The Kier molecular flexibility index (Phi) is 5.96. The van der Waals surface area contributed by atoms with E-state index in [1.54, 1.807) is 0 Å². The predicted molar refractivity (Wildman–Crippen MR) is 84.2 cm³/mol. The van der Waals surface area contributed by atoms with Crippen LogP contribution < -0.4 is 0 Å². The summed E-state index contributed by atoms with van der Waals surface area (Å²) in [5, 5.41) is 0. The number of ether oxygens (including phenoxy) is 1. The molecule has 3 heteroatoms. The van der Waals surface area contributed by atoms with Crippen LogP contribution in [0.15, 0.2) is 60.7 Å². The van der Waals surface area contributed by atoms with E-state index in [0.29, 0.717) is 19.6 Å². The molecule has 0 fully saturated rings. The summed E-state index contributed by atoms with van der Waals surface area (Å²) in [6, 6.07) is 19.3. The maximum Gasteiger partial charge on any atom is 0.176 e. The number of benzene rings is 2. The molecule has 20 heavy (non-hydrogen) atoms. The van der Waals surface area contributed by atoms with Crippen molar-refractivity contribution in [1.29, 1.82) is 0 Å². The molecule has 1 unspecified atom stereocenters. The van der Waals surface area contributed by atoms with Gasteiger partial charge in [-0.2, -0.15) is 0 Å². The van der Waals surface area contributed by atoms with Crippen molar-refractivity contribution in [2.45, 2.75) is 17.9 Å². The van der Waals surface area contributed by atoms with E-state index >= 15 is 0 Å². The molecule has 0 radical (unpaired) electrons. The Balaban J connectivity index is 1.73. The largest absolute Gasteiger partial charge is 0.377 e. The van der Waals surface area contributed by atoms with Gasteiger partial charge in [-0.25, -0.2) is 0 Å². The third-order valence-corrected chi connectivity index (χ3v) is 3.84. The van der Waals surface area contributed by atoms with E-state index in [9.17, 15) is 4.79 Å². The van der Waals surface area contributed by atoms with Crippen molar-refractivity contribution in [2.24, 2.45) is 0 Å². The summed E-state index contributed by atoms with van der Waals surface area (Å²) in [6.07, 6.45) is 0.667. The van der Waals surface area contributed by atoms with Gasteiger partial charge >= 0.3 is 0 Å². The third kappa shape index (κ3) is 4.58. The zero-order chi connectivity index (χ0) is 14.2. The first-order valence-corrected chi connectivity index (χ1v) is 7.54. The number of hydrogen-bond acceptors (Lipinski definition) is 2. The highest BCUT2D eigenvalue weighted by Crippen LogP contribution is 2.14. The first-order valence-electron chi connectivity index (χ1n) is 6.62. The van der Waals surface area contributed by atoms with E-state index in [2.05, 4.69) is 15.9 Å². The van der Waals surface area contributed by atoms with E-state index in [-0.39, 0.29) is 10.6 Å². The molecule has 1 atom stereocenters. The lowest BCUT2D eigenvalue weighted by Gasteiger charge is -2.09. The minimum atomic E-state index is -0.194. The normalized spacial score (nSPS) is 12.1. The van der Waals surface area contributed by atoms with Gasteiger partial charge in [0.25, 0.3) is 0 Å². The van der Waals surface area contributed by atoms with E-state index in [4.69, 9.17) is 4.74 Å². The molecule has 0 aromatic heterocycles. The molecule has 0 N–H and O–H groups in total. The van der Waals surface area contributed by atoms with Gasteiger partial charge in [-0.15, -0.1) is 0 Å². The second-order valence-corrected chi connectivity index (χ2v) is 5.63. The third-order valence-electron chi connectivity index (χ3n) is 2.97. The summed E-state index contributed by atoms with van der Waals surface area (Å²) in [7, 11) is 0. The number of ketones is 1. The molecule has 2 nitrogen and oxygen atoms in total. The molecule has 2 rings (SSSR count). The lowest BCUT2D eigenvalue weighted by molar-refractivity contribution is 0.0933. The second-order valence-electron chi connectivity index (χ2n) is 4.52. The van der Waals surface area contributed by atoms with Crippen LogP contribution in [-0.4, -0.2) is 17.2 Å². The maximum atomic E-state index is 12.1. The summed E-state index contributed by atoms with van der Waals surface area (Å²) in [4.78, 5) is 11.9. The van der Waals surface area contributed by atoms with Crippen molar-refractivity contribution in [3.05, 3.63) is 71.8 Å². The Morgan fingerprint density at radius 3 is 2.25 bits per heavy atom. The van der Waals surface area contributed by atoms with E-state index < -0.39 is 0 Å². The van der Waals surface area contributed by atoms with Gasteiger partial charge in [-0.05, 0) is 12.0 Å². The lowest BCUT2D eigenvalue weighted by atomic mass is 10.1. The Labute approximate surface area is 127 Å². The highest BCUT2D eigenvalue weighted by molar-refractivity contribution is 9.10. The number of carbonyl (C=O) groups is 1. The van der Waals surface area contributed by atoms with Gasteiger partial charge in [0, 0.05) is 12.2 Å². The highest BCUT2D eigenvalue weighted by atomic mass is 79.9. The van der Waals surface area contributed by atoms with E-state index in [0.717, 1.165) is 11.1 Å². The van der Waals surface area contributed by atoms with Crippen LogP contribution in [0, 0.1) is 0 Å². The number of halogens is 1. The van der Waals surface area contributed by atoms with Crippen LogP contribution in [0.5, 0.6) is 0 Å². The molecular formula is C17H17BrO2. The van der Waals surface area contributed by atoms with Crippen LogP contribution in [0.1, 0.15) is 22.3 Å². The minimum absolute atomic E-state index is 0.105. The molecule has 2 aromatic rings. The molecule has 104 valence electrons. The summed E-state index contributed by atoms with van der Waals surface area (Å²) < 4.78 is 5.59. The molecule has 0 heterocycles. The quantitative estimate of drug-likeness (QED) is 0.430. The standard InChI is InChI=1S/C17H17BrO2/c18-16(17(19)15-9-5-2-6-10-15)11-12-20-13-14-7-3-1-4-8-14/h1-10,16H,11-13H2. The molecular weight excluding hydrogens is 316 g/mol. The van der Waals surface area contributed by atoms with Crippen LogP contribution in [-0.2, 0) is 11.3 Å². The average Bonchev–Trinajstić information content (AvgIpc) is 2.52. The van der Waals surface area contributed by atoms with E-state index in [1.165, 1.54) is 0 Å². The van der Waals surface area contributed by atoms with Crippen molar-refractivity contribution < 1.29 is 9.53 Å². The van der Waals surface area contributed by atoms with Crippen LogP contribution in [0.3, 0.4) is 0 Å². The number of rotatable bonds is 7. The first kappa shape index (κ1) is 14.9. The van der Waals surface area contributed by atoms with Crippen molar-refractivity contribution >= 4 is 21.7 Å². The lowest BCUT2D eigenvalue weighted by Crippen LogP contribution is -2.16. The second kappa shape index (κ2) is 7.98. The fourth-order valence-electron chi connectivity index (χ4n) is 1.87. The first-order chi connectivity index (χ1) is 9.77. The SMILES string of the molecule is O=C(c1ccccc1)C(Br)CCOCc1ccccc1. The predicted octanol–water partition coefficient (Wildman–Crippen LogP) is 4.24. The summed E-state index contributed by atoms with van der Waals surface area (Å²) in [5.74, 6) is 0.105. The molecule has 0 saturated heterocycles. The molecule has 0 aliphatic heterocycles. The Morgan fingerprint density at radius 1 is 1.00 bits per heavy atom. The summed E-state index contributed by atoms with van der Waals surface area (Å²) >= 11 is 3.44. The molecule has 0 aliphatic rings. The van der Waals surface area contributed by atoms with Gasteiger partial charge in [0.15, 0.2) is 5.78 Å². The van der Waals surface area contributed by atoms with Crippen LogP contribution in [0.2, 0.25) is 0 Å². The molecule has 0 saturated carbocycles. The van der Waals surface area contributed by atoms with Gasteiger partial charge in [-0.3, -0.25) is 4.79 Å². The van der Waals surface area contributed by atoms with Gasteiger partial charge in [0.05, 0.1) is 11.4 Å². The van der Waals surface area contributed by atoms with Gasteiger partial charge < -0.3 is 4.74 Å². The molecule has 0 bridgehead atoms. The molecule has 0 aliphatic carbocycles. The summed E-state index contributed by atoms with van der Waals surface area (Å²) in [6.45, 7) is 1.14. The van der Waals surface area contributed by atoms with Crippen molar-refractivity contribution in [3.8, 4) is 0 Å². The topological polar surface area (TPSA) is 26.3 Å². The fourth-order valence-corrected chi connectivity index (χ4v) is 2.32. The van der Waals surface area contributed by atoms with Gasteiger partial charge in [0.1, 0.15) is 0 Å². The van der Waals surface area contributed by atoms with Crippen LogP contribution >= 0.6 is 15.9 Å². The number of carbonyl (C=O) groups excluding carboxylic acids is 1. The number of Topliss-reactive ketones (excluding diaryl/α,β-unsaturated/α-hetero) is 1. The summed E-state index contributed by atoms with van der Waals surface area (Å²) in [5.41, 5.74) is 1.88. The number of hydrogen-bond donors (Lipinski definition) is 0. The zero-order valence-corrected chi connectivity index (χ0v) is 12.8. The van der Waals surface area contributed by atoms with Crippen LogP contribution in [0.4, 0.5) is 0 Å². The zero-order valence-electron chi connectivity index (χ0n) is 11.2. The van der Waals surface area contributed by atoms with Gasteiger partial charge in [0.2, 0.25) is 0 Å². The molecule has 2 aromatic carbocycles. The Morgan fingerprint density at radius 2 is 1.60 bits per heavy atom.